The van der Waals surface area contributed by atoms with Crippen molar-refractivity contribution in [3.63, 3.8) is 0 Å². The van der Waals surface area contributed by atoms with Gasteiger partial charge in [-0.15, -0.1) is 0 Å². The van der Waals surface area contributed by atoms with Crippen molar-refractivity contribution in [3.05, 3.63) is 0 Å². The maximum absolute atomic E-state index is 12.4. The van der Waals surface area contributed by atoms with Crippen molar-refractivity contribution in [1.82, 2.24) is 9.62 Å². The number of nitrogens with one attached hydrogen (secondary N) is 1. The summed E-state index contributed by atoms with van der Waals surface area (Å²) in [5.41, 5.74) is 0. The van der Waals surface area contributed by atoms with Gasteiger partial charge in [0.25, 0.3) is 0 Å². The van der Waals surface area contributed by atoms with E-state index in [1.807, 2.05) is 0 Å². The molecule has 0 radical (unpaired) electrons. The number of rotatable bonds is 4. The van der Waals surface area contributed by atoms with E-state index in [9.17, 15) is 8.42 Å². The molecule has 1 N–H and O–H groups in total. The predicted octanol–water partition coefficient (Wildman–Crippen LogP) is 1.44. The van der Waals surface area contributed by atoms with Crippen molar-refractivity contribution in [1.29, 1.82) is 0 Å². The van der Waals surface area contributed by atoms with E-state index >= 15 is 0 Å². The molecule has 0 amide bonds. The van der Waals surface area contributed by atoms with E-state index in [1.54, 1.807) is 4.31 Å². The molecule has 0 aromatic rings. The molecular formula is C13H26N2O2S. The summed E-state index contributed by atoms with van der Waals surface area (Å²) in [4.78, 5) is 0. The molecule has 0 spiro atoms. The lowest BCUT2D eigenvalue weighted by atomic mass is 9.97. The van der Waals surface area contributed by atoms with Gasteiger partial charge in [-0.05, 0) is 50.6 Å². The topological polar surface area (TPSA) is 49.4 Å². The second kappa shape index (κ2) is 6.35. The number of piperidine rings is 2. The van der Waals surface area contributed by atoms with Crippen LogP contribution in [0.25, 0.3) is 0 Å². The molecular weight excluding hydrogens is 248 g/mol. The average Bonchev–Trinajstić information content (AvgIpc) is 2.39. The van der Waals surface area contributed by atoms with E-state index in [1.165, 1.54) is 6.42 Å². The molecule has 18 heavy (non-hydrogen) atoms. The number of nitrogens with zero attached hydrogens (tertiary/aromatic N) is 1. The smallest absolute Gasteiger partial charge is 0.214 e. The first kappa shape index (κ1) is 14.3. The molecule has 0 aliphatic carbocycles. The molecule has 0 bridgehead atoms. The minimum Gasteiger partial charge on any atom is -0.316 e. The van der Waals surface area contributed by atoms with Crippen LogP contribution in [0.2, 0.25) is 0 Å². The Kier molecular flexibility index (Phi) is 5.04. The number of hydrogen-bond donors (Lipinski definition) is 1. The van der Waals surface area contributed by atoms with Crippen LogP contribution in [0.5, 0.6) is 0 Å². The Hall–Kier alpha value is -0.130. The Morgan fingerprint density at radius 3 is 2.67 bits per heavy atom. The van der Waals surface area contributed by atoms with Crippen molar-refractivity contribution >= 4 is 10.0 Å². The molecule has 5 heteroatoms. The van der Waals surface area contributed by atoms with Gasteiger partial charge in [-0.2, -0.15) is 0 Å². The zero-order valence-electron chi connectivity index (χ0n) is 11.4. The third-order valence-electron chi connectivity index (χ3n) is 4.30. The van der Waals surface area contributed by atoms with E-state index in [-0.39, 0.29) is 0 Å². The van der Waals surface area contributed by atoms with Gasteiger partial charge in [0.1, 0.15) is 0 Å². The van der Waals surface area contributed by atoms with Crippen LogP contribution in [0, 0.1) is 11.8 Å². The summed E-state index contributed by atoms with van der Waals surface area (Å²) < 4.78 is 26.6. The van der Waals surface area contributed by atoms with Crippen LogP contribution in [0.3, 0.4) is 0 Å². The Balaban J connectivity index is 1.92. The first-order chi connectivity index (χ1) is 8.62. The predicted molar refractivity (Wildman–Crippen MR) is 74.0 cm³/mol. The average molecular weight is 274 g/mol. The van der Waals surface area contributed by atoms with Crippen LogP contribution in [0.1, 0.15) is 39.0 Å². The van der Waals surface area contributed by atoms with Gasteiger partial charge in [0.15, 0.2) is 0 Å². The van der Waals surface area contributed by atoms with E-state index in [0.717, 1.165) is 51.9 Å². The van der Waals surface area contributed by atoms with Crippen LogP contribution in [-0.2, 0) is 10.0 Å². The fraction of sp³-hybridized carbons (Fsp3) is 1.00. The van der Waals surface area contributed by atoms with Crippen molar-refractivity contribution in [2.24, 2.45) is 11.8 Å². The number of hydrogen-bond acceptors (Lipinski definition) is 3. The lowest BCUT2D eigenvalue weighted by Gasteiger charge is -2.33. The van der Waals surface area contributed by atoms with Gasteiger partial charge < -0.3 is 5.32 Å². The summed E-state index contributed by atoms with van der Waals surface area (Å²) in [5, 5.41) is 3.30. The van der Waals surface area contributed by atoms with Crippen LogP contribution in [0.15, 0.2) is 0 Å². The summed E-state index contributed by atoms with van der Waals surface area (Å²) in [6.45, 7) is 5.55. The summed E-state index contributed by atoms with van der Waals surface area (Å²) in [7, 11) is -3.03. The molecule has 0 aromatic heterocycles. The molecule has 4 nitrogen and oxygen atoms in total. The highest BCUT2D eigenvalue weighted by molar-refractivity contribution is 7.89. The Morgan fingerprint density at radius 1 is 1.22 bits per heavy atom. The van der Waals surface area contributed by atoms with Crippen LogP contribution in [0.4, 0.5) is 0 Å². The molecule has 2 unspecified atom stereocenters. The summed E-state index contributed by atoms with van der Waals surface area (Å²) >= 11 is 0. The Labute approximate surface area is 111 Å². The molecule has 2 aliphatic heterocycles. The van der Waals surface area contributed by atoms with Gasteiger partial charge >= 0.3 is 0 Å². The molecule has 2 heterocycles. The minimum absolute atomic E-state index is 0.311. The second-order valence-corrected chi connectivity index (χ2v) is 7.78. The van der Waals surface area contributed by atoms with Crippen molar-refractivity contribution in [2.75, 3.05) is 31.9 Å². The first-order valence-corrected chi connectivity index (χ1v) is 8.91. The van der Waals surface area contributed by atoms with Gasteiger partial charge in [-0.25, -0.2) is 12.7 Å². The Morgan fingerprint density at radius 2 is 2.00 bits per heavy atom. The van der Waals surface area contributed by atoms with Crippen molar-refractivity contribution < 1.29 is 8.42 Å². The van der Waals surface area contributed by atoms with Gasteiger partial charge in [0.2, 0.25) is 10.0 Å². The van der Waals surface area contributed by atoms with Crippen LogP contribution < -0.4 is 5.32 Å². The van der Waals surface area contributed by atoms with E-state index in [4.69, 9.17) is 0 Å². The quantitative estimate of drug-likeness (QED) is 0.844. The van der Waals surface area contributed by atoms with Crippen molar-refractivity contribution in [2.45, 2.75) is 39.0 Å². The lowest BCUT2D eigenvalue weighted by molar-refractivity contribution is 0.259. The van der Waals surface area contributed by atoms with Crippen LogP contribution >= 0.6 is 0 Å². The highest BCUT2D eigenvalue weighted by atomic mass is 32.2. The fourth-order valence-corrected chi connectivity index (χ4v) is 5.02. The minimum atomic E-state index is -3.03. The monoisotopic (exact) mass is 274 g/mol. The zero-order chi connectivity index (χ0) is 13.0. The third-order valence-corrected chi connectivity index (χ3v) is 6.31. The second-order valence-electron chi connectivity index (χ2n) is 5.77. The van der Waals surface area contributed by atoms with Gasteiger partial charge in [0.05, 0.1) is 5.75 Å². The molecule has 106 valence electrons. The molecule has 2 atom stereocenters. The largest absolute Gasteiger partial charge is 0.316 e. The SMILES string of the molecule is CCC1CCCN(S(=O)(=O)CC2CCCNC2)C1. The molecule has 0 aromatic carbocycles. The van der Waals surface area contributed by atoms with Gasteiger partial charge in [-0.1, -0.05) is 13.3 Å². The Bertz CT molecular complexity index is 350. The summed E-state index contributed by atoms with van der Waals surface area (Å²) in [6, 6.07) is 0. The first-order valence-electron chi connectivity index (χ1n) is 7.30. The highest BCUT2D eigenvalue weighted by Gasteiger charge is 2.30. The molecule has 2 aliphatic rings. The standard InChI is InChI=1S/C13H26N2O2S/c1-2-12-6-4-8-15(10-12)18(16,17)11-13-5-3-7-14-9-13/h12-14H,2-11H2,1H3. The van der Waals surface area contributed by atoms with E-state index in [0.29, 0.717) is 17.6 Å². The normalized spacial score (nSPS) is 31.4. The fourth-order valence-electron chi connectivity index (χ4n) is 3.08. The van der Waals surface area contributed by atoms with Crippen LogP contribution in [-0.4, -0.2) is 44.7 Å². The lowest BCUT2D eigenvalue weighted by Crippen LogP contribution is -2.44. The summed E-state index contributed by atoms with van der Waals surface area (Å²) in [6.07, 6.45) is 5.47. The van der Waals surface area contributed by atoms with Gasteiger partial charge in [-0.3, -0.25) is 0 Å². The molecule has 2 fully saturated rings. The van der Waals surface area contributed by atoms with Crippen molar-refractivity contribution in [3.8, 4) is 0 Å². The zero-order valence-corrected chi connectivity index (χ0v) is 12.2. The maximum atomic E-state index is 12.4. The molecule has 2 saturated heterocycles. The van der Waals surface area contributed by atoms with E-state index < -0.39 is 10.0 Å². The third kappa shape index (κ3) is 3.68. The number of sulfonamides is 1. The highest BCUT2D eigenvalue weighted by Crippen LogP contribution is 2.23. The summed E-state index contributed by atoms with van der Waals surface area (Å²) in [5.74, 6) is 1.22. The molecule has 0 saturated carbocycles. The molecule has 2 rings (SSSR count). The maximum Gasteiger partial charge on any atom is 0.214 e. The van der Waals surface area contributed by atoms with Gasteiger partial charge in [0, 0.05) is 13.1 Å². The van der Waals surface area contributed by atoms with E-state index in [2.05, 4.69) is 12.2 Å².